The number of nitrogens with zero attached hydrogens (tertiary/aromatic N) is 1. The Labute approximate surface area is 117 Å². The maximum atomic E-state index is 12.6. The molecule has 0 saturated carbocycles. The van der Waals surface area contributed by atoms with E-state index in [-0.39, 0.29) is 6.04 Å². The zero-order valence-electron chi connectivity index (χ0n) is 12.2. The predicted octanol–water partition coefficient (Wildman–Crippen LogP) is 3.36. The number of anilines is 1. The summed E-state index contributed by atoms with van der Waals surface area (Å²) in [4.78, 5) is 1.20. The zero-order chi connectivity index (χ0) is 15.3. The molecule has 1 N–H and O–H groups in total. The van der Waals surface area contributed by atoms with Crippen LogP contribution in [-0.2, 0) is 0 Å². The Hall–Kier alpha value is -1.43. The lowest BCUT2D eigenvalue weighted by atomic mass is 10.0. The molecule has 1 aromatic rings. The van der Waals surface area contributed by atoms with Gasteiger partial charge in [0.15, 0.2) is 0 Å². The van der Waals surface area contributed by atoms with Gasteiger partial charge in [0.25, 0.3) is 0 Å². The van der Waals surface area contributed by atoms with E-state index in [4.69, 9.17) is 4.74 Å². The summed E-state index contributed by atoms with van der Waals surface area (Å²) in [5.41, 5.74) is 1.26. The molecule has 114 valence electrons. The summed E-state index contributed by atoms with van der Waals surface area (Å²) in [6, 6.07) is 5.04. The molecule has 0 amide bonds. The lowest BCUT2D eigenvalue weighted by molar-refractivity contribution is -0.119. The van der Waals surface area contributed by atoms with Crippen molar-refractivity contribution in [2.24, 2.45) is 0 Å². The summed E-state index contributed by atoms with van der Waals surface area (Å²) in [7, 11) is 2.95. The number of hydrogen-bond donors (Lipinski definition) is 1. The Morgan fingerprint density at radius 1 is 1.35 bits per heavy atom. The van der Waals surface area contributed by atoms with Crippen molar-refractivity contribution in [3.63, 3.8) is 0 Å². The summed E-state index contributed by atoms with van der Waals surface area (Å²) in [5.74, 6) is 0.588. The molecule has 1 atom stereocenters. The molecule has 0 aromatic heterocycles. The Balaban J connectivity index is 3.17. The fourth-order valence-corrected chi connectivity index (χ4v) is 2.24. The van der Waals surface area contributed by atoms with Crippen LogP contribution in [0.5, 0.6) is 5.75 Å². The van der Waals surface area contributed by atoms with Gasteiger partial charge in [-0.1, -0.05) is 13.0 Å². The molecule has 6 heteroatoms. The lowest BCUT2D eigenvalue weighted by Crippen LogP contribution is -2.32. The minimum absolute atomic E-state index is 0.0955. The Morgan fingerprint density at radius 3 is 2.50 bits per heavy atom. The van der Waals surface area contributed by atoms with Crippen molar-refractivity contribution in [3.8, 4) is 5.75 Å². The average Bonchev–Trinajstić information content (AvgIpc) is 2.36. The van der Waals surface area contributed by atoms with Gasteiger partial charge in [0.2, 0.25) is 0 Å². The third kappa shape index (κ3) is 4.30. The third-order valence-electron chi connectivity index (χ3n) is 3.03. The van der Waals surface area contributed by atoms with Crippen LogP contribution in [0.15, 0.2) is 18.2 Å². The van der Waals surface area contributed by atoms with Gasteiger partial charge in [0.1, 0.15) is 12.3 Å². The fourth-order valence-electron chi connectivity index (χ4n) is 2.24. The SMILES string of the molecule is CCNC(C)c1c(OC)cccc1N(C)CC(F)(F)F. The molecule has 3 nitrogen and oxygen atoms in total. The molecule has 0 aliphatic carbocycles. The smallest absolute Gasteiger partial charge is 0.405 e. The highest BCUT2D eigenvalue weighted by Gasteiger charge is 2.31. The van der Waals surface area contributed by atoms with E-state index in [1.165, 1.54) is 19.1 Å². The van der Waals surface area contributed by atoms with Gasteiger partial charge in [-0.25, -0.2) is 0 Å². The summed E-state index contributed by atoms with van der Waals surface area (Å²) in [6.45, 7) is 3.59. The topological polar surface area (TPSA) is 24.5 Å². The van der Waals surface area contributed by atoms with Gasteiger partial charge in [-0.2, -0.15) is 13.2 Å². The second-order valence-electron chi connectivity index (χ2n) is 4.64. The van der Waals surface area contributed by atoms with E-state index in [0.29, 0.717) is 11.4 Å². The van der Waals surface area contributed by atoms with Crippen LogP contribution in [0.25, 0.3) is 0 Å². The van der Waals surface area contributed by atoms with Crippen molar-refractivity contribution in [2.75, 3.05) is 32.1 Å². The first-order valence-corrected chi connectivity index (χ1v) is 6.48. The minimum atomic E-state index is -4.24. The van der Waals surface area contributed by atoms with Crippen molar-refractivity contribution in [2.45, 2.75) is 26.1 Å². The van der Waals surface area contributed by atoms with E-state index >= 15 is 0 Å². The molecule has 0 spiro atoms. The molecule has 0 heterocycles. The van der Waals surface area contributed by atoms with Crippen LogP contribution in [-0.4, -0.2) is 33.4 Å². The molecule has 0 bridgehead atoms. The van der Waals surface area contributed by atoms with Crippen molar-refractivity contribution in [1.29, 1.82) is 0 Å². The summed E-state index contributed by atoms with van der Waals surface area (Å²) >= 11 is 0. The Kier molecular flexibility index (Phi) is 5.68. The van der Waals surface area contributed by atoms with Crippen LogP contribution in [0, 0.1) is 0 Å². The van der Waals surface area contributed by atoms with Crippen LogP contribution >= 0.6 is 0 Å². The maximum absolute atomic E-state index is 12.6. The molecule has 1 rings (SSSR count). The molecule has 1 unspecified atom stereocenters. The molecule has 0 radical (unpaired) electrons. The Bertz CT molecular complexity index is 435. The fraction of sp³-hybridized carbons (Fsp3) is 0.571. The molecule has 1 aromatic carbocycles. The summed E-state index contributed by atoms with van der Waals surface area (Å²) in [5, 5.41) is 3.21. The van der Waals surface area contributed by atoms with E-state index in [0.717, 1.165) is 12.1 Å². The second kappa shape index (κ2) is 6.83. The maximum Gasteiger partial charge on any atom is 0.405 e. The third-order valence-corrected chi connectivity index (χ3v) is 3.03. The zero-order valence-corrected chi connectivity index (χ0v) is 12.2. The first-order valence-electron chi connectivity index (χ1n) is 6.48. The highest BCUT2D eigenvalue weighted by atomic mass is 19.4. The molecule has 0 fully saturated rings. The number of alkyl halides is 3. The van der Waals surface area contributed by atoms with Crippen LogP contribution in [0.2, 0.25) is 0 Å². The van der Waals surface area contributed by atoms with E-state index < -0.39 is 12.7 Å². The second-order valence-corrected chi connectivity index (χ2v) is 4.64. The van der Waals surface area contributed by atoms with Crippen LogP contribution in [0.1, 0.15) is 25.5 Å². The van der Waals surface area contributed by atoms with Crippen molar-refractivity contribution in [1.82, 2.24) is 5.32 Å². The van der Waals surface area contributed by atoms with E-state index in [1.807, 2.05) is 13.8 Å². The number of ether oxygens (including phenoxy) is 1. The molecular weight excluding hydrogens is 269 g/mol. The molecule has 0 saturated heterocycles. The number of nitrogens with one attached hydrogen (secondary N) is 1. The predicted molar refractivity (Wildman–Crippen MR) is 74.4 cm³/mol. The normalized spacial score (nSPS) is 13.2. The van der Waals surface area contributed by atoms with Gasteiger partial charge in [0.05, 0.1) is 7.11 Å². The van der Waals surface area contributed by atoms with Crippen molar-refractivity contribution < 1.29 is 17.9 Å². The van der Waals surface area contributed by atoms with Crippen LogP contribution < -0.4 is 15.0 Å². The van der Waals surface area contributed by atoms with Gasteiger partial charge in [-0.3, -0.25) is 0 Å². The molecular formula is C14H21F3N2O. The number of rotatable bonds is 6. The van der Waals surface area contributed by atoms with E-state index in [2.05, 4.69) is 5.32 Å². The van der Waals surface area contributed by atoms with Gasteiger partial charge in [-0.05, 0) is 25.6 Å². The standard InChI is InChI=1S/C14H21F3N2O/c1-5-18-10(2)13-11(7-6-8-12(13)20-4)19(3)9-14(15,16)17/h6-8,10,18H,5,9H2,1-4H3. The molecule has 0 aliphatic rings. The number of hydrogen-bond acceptors (Lipinski definition) is 3. The van der Waals surface area contributed by atoms with Gasteiger partial charge < -0.3 is 15.0 Å². The van der Waals surface area contributed by atoms with Gasteiger partial charge in [-0.15, -0.1) is 0 Å². The number of methoxy groups -OCH3 is 1. The van der Waals surface area contributed by atoms with E-state index in [1.54, 1.807) is 18.2 Å². The monoisotopic (exact) mass is 290 g/mol. The first-order chi connectivity index (χ1) is 9.30. The van der Waals surface area contributed by atoms with Crippen LogP contribution in [0.3, 0.4) is 0 Å². The number of halogens is 3. The molecule has 0 aliphatic heterocycles. The van der Waals surface area contributed by atoms with Crippen molar-refractivity contribution in [3.05, 3.63) is 23.8 Å². The van der Waals surface area contributed by atoms with E-state index in [9.17, 15) is 13.2 Å². The Morgan fingerprint density at radius 2 is 2.00 bits per heavy atom. The lowest BCUT2D eigenvalue weighted by Gasteiger charge is -2.27. The summed E-state index contributed by atoms with van der Waals surface area (Å²) < 4.78 is 43.0. The highest BCUT2D eigenvalue weighted by Crippen LogP contribution is 2.35. The van der Waals surface area contributed by atoms with Crippen molar-refractivity contribution >= 4 is 5.69 Å². The van der Waals surface area contributed by atoms with Crippen LogP contribution in [0.4, 0.5) is 18.9 Å². The number of benzene rings is 1. The molecule has 20 heavy (non-hydrogen) atoms. The van der Waals surface area contributed by atoms with Gasteiger partial charge >= 0.3 is 6.18 Å². The minimum Gasteiger partial charge on any atom is -0.496 e. The van der Waals surface area contributed by atoms with Gasteiger partial charge in [0, 0.05) is 24.3 Å². The quantitative estimate of drug-likeness (QED) is 0.869. The highest BCUT2D eigenvalue weighted by molar-refractivity contribution is 5.60. The largest absolute Gasteiger partial charge is 0.496 e. The average molecular weight is 290 g/mol. The summed E-state index contributed by atoms with van der Waals surface area (Å²) in [6.07, 6.45) is -4.24. The first kappa shape index (κ1) is 16.6.